The molecule has 1 aromatic rings. The first-order chi connectivity index (χ1) is 7.13. The van der Waals surface area contributed by atoms with Crippen LogP contribution in [0.15, 0.2) is 18.3 Å². The van der Waals surface area contributed by atoms with Crippen LogP contribution in [0, 0.1) is 0 Å². The number of nitrogens with two attached hydrogens (primary N) is 1. The molecule has 1 rings (SSSR count). The molecule has 0 aliphatic rings. The number of pyridine rings is 1. The van der Waals surface area contributed by atoms with Crippen molar-refractivity contribution in [2.75, 3.05) is 6.61 Å². The van der Waals surface area contributed by atoms with Crippen LogP contribution in [0.4, 0.5) is 0 Å². The van der Waals surface area contributed by atoms with Crippen molar-refractivity contribution < 1.29 is 9.53 Å². The highest BCUT2D eigenvalue weighted by molar-refractivity contribution is 6.29. The number of hydrogen-bond donors (Lipinski definition) is 1. The molecule has 0 aliphatic carbocycles. The van der Waals surface area contributed by atoms with Crippen LogP contribution in [-0.2, 0) is 16.0 Å². The van der Waals surface area contributed by atoms with Crippen molar-refractivity contribution >= 4 is 17.6 Å². The molecule has 1 heterocycles. The van der Waals surface area contributed by atoms with Crippen LogP contribution in [0.5, 0.6) is 0 Å². The highest BCUT2D eigenvalue weighted by Crippen LogP contribution is 2.07. The number of halogens is 1. The molecule has 5 heteroatoms. The van der Waals surface area contributed by atoms with E-state index in [1.54, 1.807) is 25.3 Å². The lowest BCUT2D eigenvalue weighted by Crippen LogP contribution is -2.34. The Hall–Kier alpha value is -1.13. The van der Waals surface area contributed by atoms with Gasteiger partial charge in [0.05, 0.1) is 6.61 Å². The van der Waals surface area contributed by atoms with Crippen LogP contribution < -0.4 is 5.73 Å². The predicted octanol–water partition coefficient (Wildman–Crippen LogP) is 1.17. The van der Waals surface area contributed by atoms with E-state index in [0.29, 0.717) is 18.2 Å². The third kappa shape index (κ3) is 3.85. The van der Waals surface area contributed by atoms with Gasteiger partial charge in [0.1, 0.15) is 11.2 Å². The number of esters is 1. The Kier molecular flexibility index (Phi) is 4.52. The SMILES string of the molecule is CCOC(=O)C(N)Cc1ccc(Cl)nc1. The topological polar surface area (TPSA) is 65.2 Å². The van der Waals surface area contributed by atoms with Crippen molar-refractivity contribution in [3.8, 4) is 0 Å². The Labute approximate surface area is 93.4 Å². The number of aromatic nitrogens is 1. The fourth-order valence-electron chi connectivity index (χ4n) is 1.11. The molecule has 0 amide bonds. The number of nitrogens with zero attached hydrogens (tertiary/aromatic N) is 1. The summed E-state index contributed by atoms with van der Waals surface area (Å²) in [5.74, 6) is -0.396. The van der Waals surface area contributed by atoms with Gasteiger partial charge in [0.2, 0.25) is 0 Å². The molecule has 1 aromatic heterocycles. The summed E-state index contributed by atoms with van der Waals surface area (Å²) in [6.45, 7) is 2.08. The maximum absolute atomic E-state index is 11.2. The van der Waals surface area contributed by atoms with Crippen LogP contribution in [0.1, 0.15) is 12.5 Å². The zero-order valence-electron chi connectivity index (χ0n) is 8.44. The molecule has 0 spiro atoms. The van der Waals surface area contributed by atoms with Crippen molar-refractivity contribution in [2.45, 2.75) is 19.4 Å². The third-order valence-corrected chi connectivity index (χ3v) is 2.06. The molecule has 0 saturated heterocycles. The molecule has 1 atom stereocenters. The predicted molar refractivity (Wildman–Crippen MR) is 57.6 cm³/mol. The fourth-order valence-corrected chi connectivity index (χ4v) is 1.23. The second-order valence-electron chi connectivity index (χ2n) is 3.05. The number of carbonyl (C=O) groups is 1. The fraction of sp³-hybridized carbons (Fsp3) is 0.400. The number of carbonyl (C=O) groups excluding carboxylic acids is 1. The molecule has 0 aliphatic heterocycles. The van der Waals surface area contributed by atoms with Gasteiger partial charge in [0.25, 0.3) is 0 Å². The van der Waals surface area contributed by atoms with E-state index in [9.17, 15) is 4.79 Å². The maximum atomic E-state index is 11.2. The summed E-state index contributed by atoms with van der Waals surface area (Å²) in [5.41, 5.74) is 6.50. The maximum Gasteiger partial charge on any atom is 0.323 e. The Morgan fingerprint density at radius 3 is 2.93 bits per heavy atom. The average Bonchev–Trinajstić information content (AvgIpc) is 2.22. The molecule has 4 nitrogen and oxygen atoms in total. The minimum absolute atomic E-state index is 0.339. The van der Waals surface area contributed by atoms with Gasteiger partial charge in [-0.25, -0.2) is 4.98 Å². The summed E-state index contributed by atoms with van der Waals surface area (Å²) in [6, 6.07) is 2.80. The molecule has 2 N–H and O–H groups in total. The summed E-state index contributed by atoms with van der Waals surface area (Å²) in [6.07, 6.45) is 2.00. The normalized spacial score (nSPS) is 12.2. The molecular weight excluding hydrogens is 216 g/mol. The first kappa shape index (κ1) is 11.9. The van der Waals surface area contributed by atoms with Crippen molar-refractivity contribution in [3.05, 3.63) is 29.0 Å². The van der Waals surface area contributed by atoms with Crippen LogP contribution in [0.25, 0.3) is 0 Å². The highest BCUT2D eigenvalue weighted by Gasteiger charge is 2.14. The first-order valence-corrected chi connectivity index (χ1v) is 5.04. The summed E-state index contributed by atoms with van der Waals surface area (Å²) >= 11 is 5.63. The van der Waals surface area contributed by atoms with E-state index in [0.717, 1.165) is 5.56 Å². The first-order valence-electron chi connectivity index (χ1n) is 4.66. The second kappa shape index (κ2) is 5.68. The van der Waals surface area contributed by atoms with Gasteiger partial charge in [-0.2, -0.15) is 0 Å². The molecule has 0 fully saturated rings. The van der Waals surface area contributed by atoms with Crippen LogP contribution in [-0.4, -0.2) is 23.6 Å². The minimum Gasteiger partial charge on any atom is -0.465 e. The highest BCUT2D eigenvalue weighted by atomic mass is 35.5. The van der Waals surface area contributed by atoms with Gasteiger partial charge >= 0.3 is 5.97 Å². The van der Waals surface area contributed by atoms with Crippen LogP contribution >= 0.6 is 11.6 Å². The zero-order chi connectivity index (χ0) is 11.3. The van der Waals surface area contributed by atoms with E-state index in [1.807, 2.05) is 0 Å². The molecular formula is C10H13ClN2O2. The molecule has 82 valence electrons. The smallest absolute Gasteiger partial charge is 0.323 e. The van der Waals surface area contributed by atoms with E-state index in [1.165, 1.54) is 0 Å². The largest absolute Gasteiger partial charge is 0.465 e. The van der Waals surface area contributed by atoms with Crippen molar-refractivity contribution in [3.63, 3.8) is 0 Å². The third-order valence-electron chi connectivity index (χ3n) is 1.83. The summed E-state index contributed by atoms with van der Waals surface area (Å²) < 4.78 is 4.79. The number of ether oxygens (including phenoxy) is 1. The Morgan fingerprint density at radius 1 is 1.67 bits per heavy atom. The lowest BCUT2D eigenvalue weighted by molar-refractivity contribution is -0.144. The number of hydrogen-bond acceptors (Lipinski definition) is 4. The molecule has 0 saturated carbocycles. The summed E-state index contributed by atoms with van der Waals surface area (Å²) in [5, 5.41) is 0.420. The molecule has 0 bridgehead atoms. The monoisotopic (exact) mass is 228 g/mol. The van der Waals surface area contributed by atoms with Gasteiger partial charge in [0.15, 0.2) is 0 Å². The lowest BCUT2D eigenvalue weighted by Gasteiger charge is -2.09. The minimum atomic E-state index is -0.645. The van der Waals surface area contributed by atoms with Gasteiger partial charge in [0, 0.05) is 6.20 Å². The van der Waals surface area contributed by atoms with Gasteiger partial charge in [-0.05, 0) is 25.0 Å². The average molecular weight is 229 g/mol. The quantitative estimate of drug-likeness (QED) is 0.621. The van der Waals surface area contributed by atoms with E-state index < -0.39 is 12.0 Å². The summed E-state index contributed by atoms with van der Waals surface area (Å²) in [7, 11) is 0. The lowest BCUT2D eigenvalue weighted by atomic mass is 10.1. The van der Waals surface area contributed by atoms with E-state index in [2.05, 4.69) is 4.98 Å². The van der Waals surface area contributed by atoms with Crippen molar-refractivity contribution in [1.82, 2.24) is 4.98 Å². The Bertz CT molecular complexity index is 327. The number of rotatable bonds is 4. The van der Waals surface area contributed by atoms with Gasteiger partial charge < -0.3 is 10.5 Å². The van der Waals surface area contributed by atoms with E-state index in [-0.39, 0.29) is 0 Å². The molecule has 0 radical (unpaired) electrons. The van der Waals surface area contributed by atoms with Crippen LogP contribution in [0.2, 0.25) is 5.15 Å². The second-order valence-corrected chi connectivity index (χ2v) is 3.44. The van der Waals surface area contributed by atoms with Crippen LogP contribution in [0.3, 0.4) is 0 Å². The Morgan fingerprint density at radius 2 is 2.40 bits per heavy atom. The van der Waals surface area contributed by atoms with Crippen molar-refractivity contribution in [1.29, 1.82) is 0 Å². The van der Waals surface area contributed by atoms with E-state index >= 15 is 0 Å². The molecule has 0 aromatic carbocycles. The van der Waals surface area contributed by atoms with E-state index in [4.69, 9.17) is 22.1 Å². The Balaban J connectivity index is 2.54. The summed E-state index contributed by atoms with van der Waals surface area (Å²) in [4.78, 5) is 15.1. The molecule has 1 unspecified atom stereocenters. The van der Waals surface area contributed by atoms with Crippen molar-refractivity contribution in [2.24, 2.45) is 5.73 Å². The van der Waals surface area contributed by atoms with Gasteiger partial charge in [-0.3, -0.25) is 4.79 Å². The van der Waals surface area contributed by atoms with Gasteiger partial charge in [-0.1, -0.05) is 17.7 Å². The molecule has 15 heavy (non-hydrogen) atoms. The standard InChI is InChI=1S/C10H13ClN2O2/c1-2-15-10(14)8(12)5-7-3-4-9(11)13-6-7/h3-4,6,8H,2,5,12H2,1H3. The zero-order valence-corrected chi connectivity index (χ0v) is 9.20. The van der Waals surface area contributed by atoms with Gasteiger partial charge in [-0.15, -0.1) is 0 Å².